The van der Waals surface area contributed by atoms with Gasteiger partial charge in [-0.05, 0) is 42.7 Å². The number of fused-ring (bicyclic) bond motifs is 4. The second-order valence-corrected chi connectivity index (χ2v) is 6.13. The van der Waals surface area contributed by atoms with Crippen molar-refractivity contribution in [3.05, 3.63) is 34.9 Å². The first kappa shape index (κ1) is 9.69. The lowest BCUT2D eigenvalue weighted by atomic mass is 9.70. The highest BCUT2D eigenvalue weighted by atomic mass is 16.5. The SMILES string of the molecule is C=C1C2=CC3=C(C)C(=O)O[C@H]3C[C@@]2(C)[C@@H]2C[C@H]12. The van der Waals surface area contributed by atoms with Crippen LogP contribution in [0.2, 0.25) is 0 Å². The zero-order valence-electron chi connectivity index (χ0n) is 10.2. The van der Waals surface area contributed by atoms with Crippen LogP contribution >= 0.6 is 0 Å². The molecule has 2 fully saturated rings. The zero-order valence-corrected chi connectivity index (χ0v) is 10.2. The summed E-state index contributed by atoms with van der Waals surface area (Å²) in [6, 6.07) is 0. The molecule has 0 N–H and O–H groups in total. The Kier molecular flexibility index (Phi) is 1.47. The van der Waals surface area contributed by atoms with Gasteiger partial charge in [0.2, 0.25) is 0 Å². The van der Waals surface area contributed by atoms with E-state index in [1.807, 2.05) is 6.92 Å². The summed E-state index contributed by atoms with van der Waals surface area (Å²) in [6.07, 6.45) is 4.44. The van der Waals surface area contributed by atoms with E-state index in [2.05, 4.69) is 19.6 Å². The summed E-state index contributed by atoms with van der Waals surface area (Å²) in [5.41, 5.74) is 4.81. The zero-order chi connectivity index (χ0) is 11.9. The van der Waals surface area contributed by atoms with E-state index in [-0.39, 0.29) is 17.5 Å². The highest BCUT2D eigenvalue weighted by molar-refractivity contribution is 5.93. The molecule has 0 aromatic carbocycles. The number of hydrogen-bond acceptors (Lipinski definition) is 2. The molecule has 0 unspecified atom stereocenters. The smallest absolute Gasteiger partial charge is 0.334 e. The monoisotopic (exact) mass is 228 g/mol. The van der Waals surface area contributed by atoms with E-state index in [1.54, 1.807) is 0 Å². The highest BCUT2D eigenvalue weighted by Gasteiger charge is 2.62. The summed E-state index contributed by atoms with van der Waals surface area (Å²) in [4.78, 5) is 11.6. The molecule has 2 nitrogen and oxygen atoms in total. The third kappa shape index (κ3) is 0.958. The van der Waals surface area contributed by atoms with Crippen molar-refractivity contribution < 1.29 is 9.53 Å². The summed E-state index contributed by atoms with van der Waals surface area (Å²) in [7, 11) is 0. The molecule has 1 heterocycles. The molecule has 0 aromatic heterocycles. The minimum atomic E-state index is -0.136. The molecule has 4 aliphatic rings. The van der Waals surface area contributed by atoms with Crippen LogP contribution in [0.4, 0.5) is 0 Å². The maximum Gasteiger partial charge on any atom is 0.334 e. The van der Waals surface area contributed by atoms with Gasteiger partial charge >= 0.3 is 5.97 Å². The van der Waals surface area contributed by atoms with Crippen molar-refractivity contribution in [1.82, 2.24) is 0 Å². The van der Waals surface area contributed by atoms with E-state index in [4.69, 9.17) is 4.74 Å². The molecule has 88 valence electrons. The average Bonchev–Trinajstić information content (AvgIpc) is 2.99. The van der Waals surface area contributed by atoms with Crippen LogP contribution in [-0.4, -0.2) is 12.1 Å². The van der Waals surface area contributed by atoms with Gasteiger partial charge in [-0.15, -0.1) is 0 Å². The summed E-state index contributed by atoms with van der Waals surface area (Å²) < 4.78 is 5.47. The number of rotatable bonds is 0. The molecule has 3 aliphatic carbocycles. The van der Waals surface area contributed by atoms with Crippen LogP contribution in [-0.2, 0) is 9.53 Å². The molecule has 0 aromatic rings. The van der Waals surface area contributed by atoms with Gasteiger partial charge in [-0.3, -0.25) is 0 Å². The van der Waals surface area contributed by atoms with Crippen molar-refractivity contribution in [2.24, 2.45) is 17.3 Å². The topological polar surface area (TPSA) is 26.3 Å². The van der Waals surface area contributed by atoms with Crippen molar-refractivity contribution in [3.8, 4) is 0 Å². The second kappa shape index (κ2) is 2.58. The fraction of sp³-hybridized carbons (Fsp3) is 0.533. The number of carbonyl (C=O) groups excluding carboxylic acids is 1. The molecule has 4 atom stereocenters. The van der Waals surface area contributed by atoms with E-state index < -0.39 is 0 Å². The van der Waals surface area contributed by atoms with Crippen LogP contribution in [0, 0.1) is 17.3 Å². The van der Waals surface area contributed by atoms with Gasteiger partial charge in [0, 0.05) is 16.6 Å². The fourth-order valence-electron chi connectivity index (χ4n) is 4.10. The summed E-state index contributed by atoms with van der Waals surface area (Å²) in [6.45, 7) is 8.44. The Hall–Kier alpha value is -1.31. The highest BCUT2D eigenvalue weighted by Crippen LogP contribution is 2.70. The molecule has 1 aliphatic heterocycles. The third-order valence-electron chi connectivity index (χ3n) is 5.26. The van der Waals surface area contributed by atoms with E-state index >= 15 is 0 Å². The molecular weight excluding hydrogens is 212 g/mol. The van der Waals surface area contributed by atoms with E-state index in [9.17, 15) is 4.79 Å². The standard InChI is InChI=1S/C15H16O2/c1-7-9-4-12(9)15(3)6-13-10(5-11(7)15)8(2)14(16)17-13/h5,9,12-13H,1,4,6H2,2-3H3/t9-,12-,13+,15-/m1/s1. The van der Waals surface area contributed by atoms with Crippen molar-refractivity contribution in [3.63, 3.8) is 0 Å². The quantitative estimate of drug-likeness (QED) is 0.596. The molecular formula is C15H16O2. The van der Waals surface area contributed by atoms with Crippen LogP contribution in [0.3, 0.4) is 0 Å². The van der Waals surface area contributed by atoms with Crippen molar-refractivity contribution in [2.75, 3.05) is 0 Å². The summed E-state index contributed by atoms with van der Waals surface area (Å²) >= 11 is 0. The van der Waals surface area contributed by atoms with Crippen LogP contribution in [0.15, 0.2) is 34.9 Å². The van der Waals surface area contributed by atoms with Gasteiger partial charge in [0.1, 0.15) is 6.10 Å². The van der Waals surface area contributed by atoms with Gasteiger partial charge in [-0.2, -0.15) is 0 Å². The molecule has 0 bridgehead atoms. The Labute approximate surface area is 101 Å². The number of allylic oxidation sites excluding steroid dienone is 2. The fourth-order valence-corrected chi connectivity index (χ4v) is 4.10. The van der Waals surface area contributed by atoms with Crippen LogP contribution in [0.25, 0.3) is 0 Å². The van der Waals surface area contributed by atoms with E-state index in [1.165, 1.54) is 17.6 Å². The number of esters is 1. The molecule has 4 rings (SSSR count). The molecule has 2 saturated carbocycles. The maximum absolute atomic E-state index is 11.6. The Morgan fingerprint density at radius 1 is 1.53 bits per heavy atom. The Balaban J connectivity index is 1.89. The number of ether oxygens (including phenoxy) is 1. The first-order valence-corrected chi connectivity index (χ1v) is 6.35. The number of hydrogen-bond donors (Lipinski definition) is 0. The largest absolute Gasteiger partial charge is 0.454 e. The molecule has 2 heteroatoms. The second-order valence-electron chi connectivity index (χ2n) is 6.13. The molecule has 0 spiro atoms. The van der Waals surface area contributed by atoms with Crippen LogP contribution in [0.5, 0.6) is 0 Å². The molecule has 0 radical (unpaired) electrons. The maximum atomic E-state index is 11.6. The first-order chi connectivity index (χ1) is 8.02. The minimum absolute atomic E-state index is 0.00315. The van der Waals surface area contributed by atoms with Crippen molar-refractivity contribution >= 4 is 5.97 Å². The molecule has 0 amide bonds. The summed E-state index contributed by atoms with van der Waals surface area (Å²) in [5, 5.41) is 0. The summed E-state index contributed by atoms with van der Waals surface area (Å²) in [5.74, 6) is 1.33. The van der Waals surface area contributed by atoms with Gasteiger partial charge in [0.25, 0.3) is 0 Å². The predicted octanol–water partition coefficient (Wildman–Crippen LogP) is 2.77. The minimum Gasteiger partial charge on any atom is -0.454 e. The lowest BCUT2D eigenvalue weighted by Gasteiger charge is -2.36. The van der Waals surface area contributed by atoms with E-state index in [0.29, 0.717) is 5.92 Å². The Bertz CT molecular complexity index is 537. The predicted molar refractivity (Wildman–Crippen MR) is 64.1 cm³/mol. The molecule has 0 saturated heterocycles. The van der Waals surface area contributed by atoms with Gasteiger partial charge in [0.05, 0.1) is 0 Å². The van der Waals surface area contributed by atoms with Crippen molar-refractivity contribution in [2.45, 2.75) is 32.8 Å². The first-order valence-electron chi connectivity index (χ1n) is 6.35. The average molecular weight is 228 g/mol. The van der Waals surface area contributed by atoms with E-state index in [0.717, 1.165) is 23.5 Å². The number of carbonyl (C=O) groups is 1. The lowest BCUT2D eigenvalue weighted by Crippen LogP contribution is -2.30. The molecule has 17 heavy (non-hydrogen) atoms. The van der Waals surface area contributed by atoms with Gasteiger partial charge in [-0.25, -0.2) is 4.79 Å². The lowest BCUT2D eigenvalue weighted by molar-refractivity contribution is -0.140. The van der Waals surface area contributed by atoms with Gasteiger partial charge in [0.15, 0.2) is 0 Å². The van der Waals surface area contributed by atoms with Crippen molar-refractivity contribution in [1.29, 1.82) is 0 Å². The normalized spacial score (nSPS) is 46.2. The van der Waals surface area contributed by atoms with Crippen LogP contribution < -0.4 is 0 Å². The van der Waals surface area contributed by atoms with Gasteiger partial charge in [-0.1, -0.05) is 19.6 Å². The Morgan fingerprint density at radius 2 is 2.29 bits per heavy atom. The van der Waals surface area contributed by atoms with Gasteiger partial charge < -0.3 is 4.74 Å². The van der Waals surface area contributed by atoms with Crippen LogP contribution in [0.1, 0.15) is 26.7 Å². The third-order valence-corrected chi connectivity index (χ3v) is 5.26. The Morgan fingerprint density at radius 3 is 3.06 bits per heavy atom.